The number of halogens is 2. The first kappa shape index (κ1) is 37.9. The van der Waals surface area contributed by atoms with Gasteiger partial charge < -0.3 is 19.0 Å². The number of carbonyl (C=O) groups excluding carboxylic acids is 2. The molecule has 0 aliphatic heterocycles. The molecule has 0 aliphatic rings. The maximum Gasteiger partial charge on any atom is 0.254 e. The number of hydrogen-bond acceptors (Lipinski definition) is 9. The maximum atomic E-state index is 11.9. The van der Waals surface area contributed by atoms with Crippen molar-refractivity contribution in [3.63, 3.8) is 0 Å². The molecule has 1 N–H and O–H groups in total. The molecule has 0 unspecified atom stereocenters. The quantitative estimate of drug-likeness (QED) is 0.227. The van der Waals surface area contributed by atoms with Crippen molar-refractivity contribution in [1.82, 2.24) is 14.9 Å². The zero-order valence-electron chi connectivity index (χ0n) is 25.0. The third kappa shape index (κ3) is 12.2. The molecule has 11 nitrogen and oxygen atoms in total. The van der Waals surface area contributed by atoms with Crippen molar-refractivity contribution in [3.8, 4) is 0 Å². The number of amides is 1. The van der Waals surface area contributed by atoms with Crippen LogP contribution in [-0.2, 0) is 31.6 Å². The smallest absolute Gasteiger partial charge is 0.254 e. The number of ketones is 1. The topological polar surface area (TPSA) is 178 Å². The van der Waals surface area contributed by atoms with E-state index in [1.165, 1.54) is 24.3 Å². The second-order valence-electron chi connectivity index (χ2n) is 10.8. The summed E-state index contributed by atoms with van der Waals surface area (Å²) in [4.78, 5) is 25.4. The van der Waals surface area contributed by atoms with E-state index in [0.29, 0.717) is 35.1 Å². The lowest BCUT2D eigenvalue weighted by atomic mass is 9.92. The highest BCUT2D eigenvalue weighted by molar-refractivity contribution is 7.86. The van der Waals surface area contributed by atoms with E-state index in [-0.39, 0.29) is 27.9 Å². The van der Waals surface area contributed by atoms with Crippen molar-refractivity contribution >= 4 is 65.9 Å². The monoisotopic (exact) mass is 697 g/mol. The third-order valence-corrected chi connectivity index (χ3v) is 8.46. The molecular weight excluding hydrogens is 665 g/mol. The molecule has 0 saturated heterocycles. The van der Waals surface area contributed by atoms with Gasteiger partial charge in [-0.1, -0.05) is 81.2 Å². The number of rotatable bonds is 8. The summed E-state index contributed by atoms with van der Waals surface area (Å²) in [6, 6.07) is 12.1. The van der Waals surface area contributed by atoms with Gasteiger partial charge in [0.05, 0.1) is 38.3 Å². The predicted molar refractivity (Wildman–Crippen MR) is 170 cm³/mol. The Hall–Kier alpha value is -3.33. The second kappa shape index (κ2) is 16.3. The number of carbonyl (C=O) groups is 2. The Morgan fingerprint density at radius 2 is 1.36 bits per heavy atom. The molecule has 0 fully saturated rings. The summed E-state index contributed by atoms with van der Waals surface area (Å²) in [7, 11) is -9.48. The van der Waals surface area contributed by atoms with Crippen LogP contribution in [0.2, 0.25) is 10.0 Å². The highest BCUT2D eigenvalue weighted by Crippen LogP contribution is 2.28. The van der Waals surface area contributed by atoms with Crippen LogP contribution >= 0.6 is 23.2 Å². The molecule has 3 aromatic carbocycles. The standard InChI is InChI=1S/C13H17Cl2NO.C10H8O6S2.C7H10N2O/c1-13(2,3)7-8-16-12(17)11-9(14)5-4-6-10(11)15;11-17(12,13)9-5-1-3-7-8(9)4-2-6-10(7)18(14,15)16;1-2-7(10)5-9-4-3-8-6-9/h4-6H,7-8H2,1-3H3,(H,16,17);1-6H,(H,11,12,13)(H,14,15,16);3-4,6H,2,5H2,1H3/p-2. The minimum Gasteiger partial charge on any atom is -0.744 e. The van der Waals surface area contributed by atoms with Gasteiger partial charge in [-0.3, -0.25) is 9.59 Å². The van der Waals surface area contributed by atoms with Gasteiger partial charge in [0.2, 0.25) is 0 Å². The lowest BCUT2D eigenvalue weighted by molar-refractivity contribution is -0.119. The molecule has 244 valence electrons. The fourth-order valence-electron chi connectivity index (χ4n) is 3.74. The number of nitrogens with one attached hydrogen (secondary N) is 1. The molecule has 0 atom stereocenters. The molecular formula is C30H33Cl2N3O8S2-2. The molecule has 4 aromatic rings. The van der Waals surface area contributed by atoms with Crippen LogP contribution in [0.4, 0.5) is 0 Å². The first-order valence-corrected chi connectivity index (χ1v) is 17.1. The molecule has 0 bridgehead atoms. The van der Waals surface area contributed by atoms with E-state index >= 15 is 0 Å². The number of nitrogens with zero attached hydrogens (tertiary/aromatic N) is 2. The summed E-state index contributed by atoms with van der Waals surface area (Å²) in [5.41, 5.74) is 0.544. The Morgan fingerprint density at radius 1 is 0.867 bits per heavy atom. The Kier molecular flexibility index (Phi) is 13.7. The predicted octanol–water partition coefficient (Wildman–Crippen LogP) is 5.67. The number of fused-ring (bicyclic) bond motifs is 1. The van der Waals surface area contributed by atoms with Crippen molar-refractivity contribution in [2.24, 2.45) is 5.41 Å². The van der Waals surface area contributed by atoms with Crippen molar-refractivity contribution in [3.05, 3.63) is 88.9 Å². The summed E-state index contributed by atoms with van der Waals surface area (Å²) in [6.45, 7) is 9.31. The number of aromatic nitrogens is 2. The minimum absolute atomic E-state index is 0.0792. The number of Topliss-reactive ketones (excluding diaryl/α,β-unsaturated/α-hetero) is 1. The lowest BCUT2D eigenvalue weighted by Gasteiger charge is -2.18. The number of imidazole rings is 1. The molecule has 4 rings (SSSR count). The average Bonchev–Trinajstić information content (AvgIpc) is 3.44. The van der Waals surface area contributed by atoms with Gasteiger partial charge in [0.15, 0.2) is 5.78 Å². The first-order chi connectivity index (χ1) is 20.8. The fraction of sp³-hybridized carbons (Fsp3) is 0.300. The van der Waals surface area contributed by atoms with Crippen LogP contribution < -0.4 is 5.32 Å². The van der Waals surface area contributed by atoms with Crippen molar-refractivity contribution < 1.29 is 35.5 Å². The van der Waals surface area contributed by atoms with Crippen LogP contribution in [0.1, 0.15) is 50.9 Å². The van der Waals surface area contributed by atoms with Crippen LogP contribution in [-0.4, -0.2) is 53.7 Å². The highest BCUT2D eigenvalue weighted by atomic mass is 35.5. The minimum atomic E-state index is -4.74. The van der Waals surface area contributed by atoms with E-state index < -0.39 is 30.0 Å². The van der Waals surface area contributed by atoms with Gasteiger partial charge in [0.25, 0.3) is 5.91 Å². The number of benzene rings is 3. The van der Waals surface area contributed by atoms with Crippen LogP contribution in [0.15, 0.2) is 83.1 Å². The van der Waals surface area contributed by atoms with Crippen LogP contribution in [0.3, 0.4) is 0 Å². The molecule has 15 heteroatoms. The van der Waals surface area contributed by atoms with Gasteiger partial charge in [0, 0.05) is 36.1 Å². The Bertz CT molecular complexity index is 1750. The lowest BCUT2D eigenvalue weighted by Crippen LogP contribution is -2.27. The highest BCUT2D eigenvalue weighted by Gasteiger charge is 2.16. The molecule has 0 saturated carbocycles. The SMILES string of the molecule is CC(C)(C)CCNC(=O)c1c(Cl)cccc1Cl.CCC(=O)Cn1ccnc1.O=S(=O)([O-])c1cccc2c(S(=O)(=O)[O-])cccc12. The molecule has 1 amide bonds. The normalized spacial score (nSPS) is 11.6. The Morgan fingerprint density at radius 3 is 1.76 bits per heavy atom. The van der Waals surface area contributed by atoms with Crippen LogP contribution in [0, 0.1) is 5.41 Å². The zero-order valence-corrected chi connectivity index (χ0v) is 28.1. The van der Waals surface area contributed by atoms with Gasteiger partial charge in [-0.2, -0.15) is 0 Å². The average molecular weight is 699 g/mol. The summed E-state index contributed by atoms with van der Waals surface area (Å²) < 4.78 is 67.9. The summed E-state index contributed by atoms with van der Waals surface area (Å²) >= 11 is 11.9. The van der Waals surface area contributed by atoms with Gasteiger partial charge >= 0.3 is 0 Å². The molecule has 0 radical (unpaired) electrons. The summed E-state index contributed by atoms with van der Waals surface area (Å²) in [5, 5.41) is 3.43. The molecule has 1 aromatic heterocycles. The van der Waals surface area contributed by atoms with Gasteiger partial charge in [0.1, 0.15) is 20.2 Å². The fourth-order valence-corrected chi connectivity index (χ4v) is 5.69. The van der Waals surface area contributed by atoms with E-state index in [4.69, 9.17) is 23.2 Å². The largest absolute Gasteiger partial charge is 0.744 e. The maximum absolute atomic E-state index is 11.9. The Balaban J connectivity index is 0.000000245. The van der Waals surface area contributed by atoms with Crippen molar-refractivity contribution in [2.75, 3.05) is 6.54 Å². The molecule has 45 heavy (non-hydrogen) atoms. The summed E-state index contributed by atoms with van der Waals surface area (Å²) in [5.74, 6) is 0.0165. The zero-order chi connectivity index (χ0) is 34.0. The van der Waals surface area contributed by atoms with E-state index in [9.17, 15) is 35.5 Å². The van der Waals surface area contributed by atoms with Gasteiger partial charge in [-0.25, -0.2) is 21.8 Å². The second-order valence-corrected chi connectivity index (χ2v) is 14.3. The van der Waals surface area contributed by atoms with E-state index in [1.807, 2.05) is 6.92 Å². The van der Waals surface area contributed by atoms with E-state index in [1.54, 1.807) is 41.5 Å². The molecule has 0 spiro atoms. The molecule has 0 aliphatic carbocycles. The first-order valence-electron chi connectivity index (χ1n) is 13.5. The van der Waals surface area contributed by atoms with E-state index in [0.717, 1.165) is 18.6 Å². The Labute approximate surface area is 273 Å². The summed E-state index contributed by atoms with van der Waals surface area (Å²) in [6.07, 6.45) is 6.60. The van der Waals surface area contributed by atoms with Crippen molar-refractivity contribution in [1.29, 1.82) is 0 Å². The van der Waals surface area contributed by atoms with Gasteiger partial charge in [-0.05, 0) is 36.1 Å². The van der Waals surface area contributed by atoms with Gasteiger partial charge in [-0.15, -0.1) is 0 Å². The number of hydrogen-bond donors (Lipinski definition) is 1. The van der Waals surface area contributed by atoms with Crippen LogP contribution in [0.25, 0.3) is 10.8 Å². The van der Waals surface area contributed by atoms with E-state index in [2.05, 4.69) is 31.1 Å². The van der Waals surface area contributed by atoms with Crippen LogP contribution in [0.5, 0.6) is 0 Å². The third-order valence-electron chi connectivity index (χ3n) is 6.04. The molecule has 1 heterocycles. The van der Waals surface area contributed by atoms with Crippen molar-refractivity contribution in [2.45, 2.75) is 56.9 Å².